The predicted octanol–water partition coefficient (Wildman–Crippen LogP) is 5.53. The number of nitrogens with one attached hydrogen (secondary N) is 2. The van der Waals surface area contributed by atoms with Crippen molar-refractivity contribution in [2.75, 3.05) is 35.7 Å². The Kier molecular flexibility index (Phi) is 6.03. The second-order valence-corrected chi connectivity index (χ2v) is 8.38. The van der Waals surface area contributed by atoms with Crippen molar-refractivity contribution in [2.24, 2.45) is 0 Å². The lowest BCUT2D eigenvalue weighted by atomic mass is 10.1. The molecule has 4 aromatic rings. The summed E-state index contributed by atoms with van der Waals surface area (Å²) in [5.74, 6) is 2.01. The minimum absolute atomic E-state index is 0.222. The van der Waals surface area contributed by atoms with Gasteiger partial charge in [-0.15, -0.1) is 0 Å². The quantitative estimate of drug-likeness (QED) is 0.393. The molecule has 0 aliphatic carbocycles. The largest absolute Gasteiger partial charge is 0.493 e. The third-order valence-corrected chi connectivity index (χ3v) is 5.87. The van der Waals surface area contributed by atoms with E-state index in [0.717, 1.165) is 35.7 Å². The summed E-state index contributed by atoms with van der Waals surface area (Å²) in [4.78, 5) is 24.3. The van der Waals surface area contributed by atoms with Crippen molar-refractivity contribution in [1.82, 2.24) is 9.97 Å². The molecule has 2 N–H and O–H groups in total. The van der Waals surface area contributed by atoms with Gasteiger partial charge in [-0.3, -0.25) is 4.79 Å². The van der Waals surface area contributed by atoms with Crippen LogP contribution in [-0.2, 0) is 0 Å². The molecule has 2 aromatic carbocycles. The molecule has 8 heteroatoms. The molecule has 34 heavy (non-hydrogen) atoms. The Balaban J connectivity index is 1.27. The molecule has 5 rings (SSSR count). The predicted molar refractivity (Wildman–Crippen MR) is 133 cm³/mol. The van der Waals surface area contributed by atoms with Gasteiger partial charge in [0.05, 0.1) is 7.11 Å². The fourth-order valence-corrected chi connectivity index (χ4v) is 4.16. The fourth-order valence-electron chi connectivity index (χ4n) is 4.16. The van der Waals surface area contributed by atoms with E-state index in [4.69, 9.17) is 14.1 Å². The van der Waals surface area contributed by atoms with Gasteiger partial charge in [-0.05, 0) is 62.6 Å². The molecular formula is C26H27N5O3. The zero-order valence-electron chi connectivity index (χ0n) is 19.3. The Morgan fingerprint density at radius 3 is 2.53 bits per heavy atom. The van der Waals surface area contributed by atoms with Crippen LogP contribution < -0.4 is 20.3 Å². The minimum atomic E-state index is -0.327. The molecule has 1 saturated heterocycles. The summed E-state index contributed by atoms with van der Waals surface area (Å²) in [6.45, 7) is 4.04. The Hall–Kier alpha value is -4.07. The number of amides is 1. The number of furan rings is 1. The van der Waals surface area contributed by atoms with Crippen LogP contribution in [-0.4, -0.2) is 36.1 Å². The van der Waals surface area contributed by atoms with E-state index in [-0.39, 0.29) is 11.7 Å². The monoisotopic (exact) mass is 457 g/mol. The Bertz CT molecular complexity index is 1310. The summed E-state index contributed by atoms with van der Waals surface area (Å²) >= 11 is 0. The van der Waals surface area contributed by atoms with Gasteiger partial charge >= 0.3 is 0 Å². The van der Waals surface area contributed by atoms with Crippen LogP contribution in [0.2, 0.25) is 0 Å². The lowest BCUT2D eigenvalue weighted by Crippen LogP contribution is -2.30. The van der Waals surface area contributed by atoms with Crippen molar-refractivity contribution in [3.8, 4) is 5.75 Å². The number of fused-ring (bicyclic) bond motifs is 1. The van der Waals surface area contributed by atoms with Crippen molar-refractivity contribution in [2.45, 2.75) is 26.2 Å². The Labute approximate surface area is 198 Å². The third-order valence-electron chi connectivity index (χ3n) is 5.87. The van der Waals surface area contributed by atoms with Crippen LogP contribution in [0.25, 0.3) is 11.0 Å². The van der Waals surface area contributed by atoms with Crippen molar-refractivity contribution in [3.05, 3.63) is 66.1 Å². The highest BCUT2D eigenvalue weighted by molar-refractivity contribution is 6.05. The number of aryl methyl sites for hydroxylation is 1. The number of anilines is 4. The standard InChI is InChI=1S/C26H27N5O3/c1-17-15-23(31-13-4-3-5-14-31)30-26(27-17)29-20-11-9-19(10-12-20)28-25(32)22-16-18-7-6-8-21(33-2)24(18)34-22/h6-12,15-16H,3-5,13-14H2,1-2H3,(H,28,32)(H,27,29,30). The molecule has 0 radical (unpaired) electrons. The molecule has 1 fully saturated rings. The van der Waals surface area contributed by atoms with E-state index in [0.29, 0.717) is 23.0 Å². The van der Waals surface area contributed by atoms with Crippen molar-refractivity contribution in [1.29, 1.82) is 0 Å². The van der Waals surface area contributed by atoms with Gasteiger partial charge in [-0.2, -0.15) is 4.98 Å². The molecule has 0 spiro atoms. The number of benzene rings is 2. The number of para-hydroxylation sites is 1. The van der Waals surface area contributed by atoms with Gasteiger partial charge < -0.3 is 24.7 Å². The van der Waals surface area contributed by atoms with Gasteiger partial charge in [-0.25, -0.2) is 4.98 Å². The maximum absolute atomic E-state index is 12.7. The SMILES string of the molecule is COc1cccc2cc(C(=O)Nc3ccc(Nc4nc(C)cc(N5CCCCC5)n4)cc3)oc12. The van der Waals surface area contributed by atoms with Gasteiger partial charge in [0.2, 0.25) is 5.95 Å². The molecule has 0 bridgehead atoms. The Morgan fingerprint density at radius 2 is 1.76 bits per heavy atom. The summed E-state index contributed by atoms with van der Waals surface area (Å²) in [5, 5.41) is 6.95. The topological polar surface area (TPSA) is 92.5 Å². The normalized spacial score (nSPS) is 13.6. The van der Waals surface area contributed by atoms with Crippen LogP contribution in [0.4, 0.5) is 23.1 Å². The molecule has 1 aliphatic heterocycles. The molecule has 8 nitrogen and oxygen atoms in total. The molecule has 2 aromatic heterocycles. The molecule has 0 atom stereocenters. The first-order valence-electron chi connectivity index (χ1n) is 11.4. The van der Waals surface area contributed by atoms with Gasteiger partial charge in [0.25, 0.3) is 5.91 Å². The van der Waals surface area contributed by atoms with Crippen molar-refractivity contribution in [3.63, 3.8) is 0 Å². The third kappa shape index (κ3) is 4.66. The molecule has 1 aliphatic rings. The van der Waals surface area contributed by atoms with E-state index in [1.807, 2.05) is 49.4 Å². The van der Waals surface area contributed by atoms with E-state index in [2.05, 4.69) is 20.5 Å². The number of hydrogen-bond donors (Lipinski definition) is 2. The highest BCUT2D eigenvalue weighted by Gasteiger charge is 2.16. The summed E-state index contributed by atoms with van der Waals surface area (Å²) in [6, 6.07) is 16.7. The number of hydrogen-bond acceptors (Lipinski definition) is 7. The number of carbonyl (C=O) groups is 1. The molecule has 174 valence electrons. The van der Waals surface area contributed by atoms with E-state index in [1.54, 1.807) is 19.2 Å². The van der Waals surface area contributed by atoms with Gasteiger partial charge in [0, 0.05) is 41.6 Å². The molecular weight excluding hydrogens is 430 g/mol. The number of methoxy groups -OCH3 is 1. The van der Waals surface area contributed by atoms with Crippen LogP contribution in [0.3, 0.4) is 0 Å². The van der Waals surface area contributed by atoms with Gasteiger partial charge in [0.1, 0.15) is 5.82 Å². The average Bonchev–Trinajstić information content (AvgIpc) is 3.30. The van der Waals surface area contributed by atoms with E-state index in [9.17, 15) is 4.79 Å². The van der Waals surface area contributed by atoms with Crippen LogP contribution in [0.1, 0.15) is 35.5 Å². The molecule has 1 amide bonds. The number of carbonyl (C=O) groups excluding carboxylic acids is 1. The van der Waals surface area contributed by atoms with Crippen LogP contribution in [0, 0.1) is 6.92 Å². The number of nitrogens with zero attached hydrogens (tertiary/aromatic N) is 3. The second-order valence-electron chi connectivity index (χ2n) is 8.38. The van der Waals surface area contributed by atoms with Crippen LogP contribution >= 0.6 is 0 Å². The lowest BCUT2D eigenvalue weighted by Gasteiger charge is -2.28. The van der Waals surface area contributed by atoms with Crippen molar-refractivity contribution >= 4 is 40.0 Å². The molecule has 0 saturated carbocycles. The van der Waals surface area contributed by atoms with Crippen LogP contribution in [0.15, 0.2) is 59.0 Å². The average molecular weight is 458 g/mol. The summed E-state index contributed by atoms with van der Waals surface area (Å²) < 4.78 is 11.0. The van der Waals surface area contributed by atoms with Crippen LogP contribution in [0.5, 0.6) is 5.75 Å². The van der Waals surface area contributed by atoms with Gasteiger partial charge in [0.15, 0.2) is 17.1 Å². The minimum Gasteiger partial charge on any atom is -0.493 e. The summed E-state index contributed by atoms with van der Waals surface area (Å²) in [6.07, 6.45) is 3.67. The molecule has 0 unspecified atom stereocenters. The number of ether oxygens (including phenoxy) is 1. The summed E-state index contributed by atoms with van der Waals surface area (Å²) in [7, 11) is 1.57. The maximum Gasteiger partial charge on any atom is 0.291 e. The fraction of sp³-hybridized carbons (Fsp3) is 0.269. The van der Waals surface area contributed by atoms with Gasteiger partial charge in [-0.1, -0.05) is 12.1 Å². The maximum atomic E-state index is 12.7. The van der Waals surface area contributed by atoms with Crippen molar-refractivity contribution < 1.29 is 13.9 Å². The first kappa shape index (κ1) is 21.8. The van der Waals surface area contributed by atoms with E-state index >= 15 is 0 Å². The van der Waals surface area contributed by atoms with E-state index < -0.39 is 0 Å². The highest BCUT2D eigenvalue weighted by atomic mass is 16.5. The Morgan fingerprint density at radius 1 is 1.00 bits per heavy atom. The second kappa shape index (κ2) is 9.43. The number of piperidine rings is 1. The first-order chi connectivity index (χ1) is 16.6. The first-order valence-corrected chi connectivity index (χ1v) is 11.4. The van der Waals surface area contributed by atoms with E-state index in [1.165, 1.54) is 19.3 Å². The smallest absolute Gasteiger partial charge is 0.291 e. The number of aromatic nitrogens is 2. The summed E-state index contributed by atoms with van der Waals surface area (Å²) in [5.41, 5.74) is 2.96. The zero-order valence-corrected chi connectivity index (χ0v) is 19.3. The molecule has 3 heterocycles. The zero-order chi connectivity index (χ0) is 23.5. The number of rotatable bonds is 6. The lowest BCUT2D eigenvalue weighted by molar-refractivity contribution is 0.0998. The highest BCUT2D eigenvalue weighted by Crippen LogP contribution is 2.29.